The lowest BCUT2D eigenvalue weighted by Crippen LogP contribution is -2.32. The van der Waals surface area contributed by atoms with Gasteiger partial charge in [-0.15, -0.1) is 0 Å². The topological polar surface area (TPSA) is 64.2 Å². The molecule has 1 aliphatic carbocycles. The Morgan fingerprint density at radius 3 is 2.68 bits per heavy atom. The number of aromatic amines is 1. The zero-order valence-electron chi connectivity index (χ0n) is 11.3. The highest BCUT2D eigenvalue weighted by Crippen LogP contribution is 2.40. The minimum Gasteiger partial charge on any atom is -0.378 e. The van der Waals surface area contributed by atoms with Gasteiger partial charge in [0.15, 0.2) is 0 Å². The molecule has 1 saturated carbocycles. The second kappa shape index (κ2) is 6.15. The smallest absolute Gasteiger partial charge is 0.265 e. The van der Waals surface area contributed by atoms with Gasteiger partial charge in [0.1, 0.15) is 15.9 Å². The van der Waals surface area contributed by atoms with E-state index in [0.29, 0.717) is 29.2 Å². The van der Waals surface area contributed by atoms with Gasteiger partial charge in [0.05, 0.1) is 12.3 Å². The predicted octanol–water partition coefficient (Wildman–Crippen LogP) is 2.48. The van der Waals surface area contributed by atoms with Crippen LogP contribution in [-0.4, -0.2) is 23.7 Å². The molecule has 0 amide bonds. The van der Waals surface area contributed by atoms with Crippen LogP contribution in [0.15, 0.2) is 9.27 Å². The van der Waals surface area contributed by atoms with Crippen LogP contribution in [-0.2, 0) is 21.7 Å². The van der Waals surface area contributed by atoms with Gasteiger partial charge in [0, 0.05) is 13.7 Å². The van der Waals surface area contributed by atoms with Gasteiger partial charge in [0.2, 0.25) is 0 Å². The Bertz CT molecular complexity index is 495. The van der Waals surface area contributed by atoms with Crippen molar-refractivity contribution in [3.8, 4) is 0 Å². The average Bonchev–Trinajstić information content (AvgIpc) is 2.85. The van der Waals surface area contributed by atoms with Crippen LogP contribution in [0.3, 0.4) is 0 Å². The van der Waals surface area contributed by atoms with Gasteiger partial charge in [-0.3, -0.25) is 4.79 Å². The van der Waals surface area contributed by atoms with Crippen LogP contribution in [0, 0.1) is 0 Å². The predicted molar refractivity (Wildman–Crippen MR) is 75.0 cm³/mol. The van der Waals surface area contributed by atoms with Crippen molar-refractivity contribution in [2.75, 3.05) is 13.7 Å². The summed E-state index contributed by atoms with van der Waals surface area (Å²) in [5.74, 6) is 0.632. The van der Waals surface area contributed by atoms with E-state index in [2.05, 4.69) is 25.9 Å². The molecule has 0 atom stereocenters. The van der Waals surface area contributed by atoms with E-state index in [1.165, 1.54) is 0 Å². The van der Waals surface area contributed by atoms with Gasteiger partial charge >= 0.3 is 0 Å². The third-order valence-corrected chi connectivity index (χ3v) is 4.29. The van der Waals surface area contributed by atoms with Crippen LogP contribution in [0.5, 0.6) is 0 Å². The molecule has 1 heterocycles. The Balaban J connectivity index is 2.45. The number of hydrogen-bond donors (Lipinski definition) is 1. The highest BCUT2D eigenvalue weighted by atomic mass is 79.9. The van der Waals surface area contributed by atoms with E-state index >= 15 is 0 Å². The van der Waals surface area contributed by atoms with Crippen LogP contribution in [0.2, 0.25) is 0 Å². The molecule has 0 aromatic carbocycles. The molecular formula is C13H19BrN2O3. The SMILES string of the molecule is CCOC1(c2nc(COC)c(Br)c(=O)[nH]2)CCCC1. The van der Waals surface area contributed by atoms with Crippen molar-refractivity contribution >= 4 is 15.9 Å². The Labute approximate surface area is 120 Å². The van der Waals surface area contributed by atoms with Gasteiger partial charge in [-0.2, -0.15) is 0 Å². The van der Waals surface area contributed by atoms with Gasteiger partial charge in [-0.05, 0) is 48.5 Å². The Hall–Kier alpha value is -0.720. The summed E-state index contributed by atoms with van der Waals surface area (Å²) >= 11 is 3.25. The summed E-state index contributed by atoms with van der Waals surface area (Å²) in [5, 5.41) is 0. The van der Waals surface area contributed by atoms with E-state index in [4.69, 9.17) is 9.47 Å². The van der Waals surface area contributed by atoms with Gasteiger partial charge in [-0.1, -0.05) is 0 Å². The largest absolute Gasteiger partial charge is 0.378 e. The minimum atomic E-state index is -0.433. The normalized spacial score (nSPS) is 17.8. The summed E-state index contributed by atoms with van der Waals surface area (Å²) in [4.78, 5) is 19.4. The molecule has 6 heteroatoms. The van der Waals surface area contributed by atoms with Crippen molar-refractivity contribution in [3.63, 3.8) is 0 Å². The van der Waals surface area contributed by atoms with E-state index in [9.17, 15) is 4.79 Å². The first kappa shape index (κ1) is 14.7. The van der Waals surface area contributed by atoms with Crippen molar-refractivity contribution < 1.29 is 9.47 Å². The minimum absolute atomic E-state index is 0.178. The van der Waals surface area contributed by atoms with Gasteiger partial charge in [-0.25, -0.2) is 4.98 Å². The maximum Gasteiger partial charge on any atom is 0.265 e. The molecular weight excluding hydrogens is 312 g/mol. The molecule has 0 radical (unpaired) electrons. The van der Waals surface area contributed by atoms with E-state index in [0.717, 1.165) is 25.7 Å². The zero-order chi connectivity index (χ0) is 13.9. The summed E-state index contributed by atoms with van der Waals surface area (Å²) in [6.07, 6.45) is 3.99. The fourth-order valence-electron chi connectivity index (χ4n) is 2.63. The molecule has 1 aromatic rings. The molecule has 19 heavy (non-hydrogen) atoms. The average molecular weight is 331 g/mol. The molecule has 0 spiro atoms. The van der Waals surface area contributed by atoms with Crippen molar-refractivity contribution in [2.24, 2.45) is 0 Å². The van der Waals surface area contributed by atoms with Crippen LogP contribution in [0.4, 0.5) is 0 Å². The lowest BCUT2D eigenvalue weighted by molar-refractivity contribution is -0.0462. The molecule has 0 saturated heterocycles. The number of ether oxygens (including phenoxy) is 2. The number of nitrogens with zero attached hydrogens (tertiary/aromatic N) is 1. The van der Waals surface area contributed by atoms with Crippen molar-refractivity contribution in [1.29, 1.82) is 0 Å². The number of methoxy groups -OCH3 is 1. The quantitative estimate of drug-likeness (QED) is 0.900. The molecule has 5 nitrogen and oxygen atoms in total. The highest BCUT2D eigenvalue weighted by molar-refractivity contribution is 9.10. The van der Waals surface area contributed by atoms with E-state index in [1.807, 2.05) is 6.92 Å². The Morgan fingerprint density at radius 1 is 1.42 bits per heavy atom. The van der Waals surface area contributed by atoms with Crippen LogP contribution in [0.1, 0.15) is 44.1 Å². The second-order valence-electron chi connectivity index (χ2n) is 4.74. The van der Waals surface area contributed by atoms with Crippen LogP contribution >= 0.6 is 15.9 Å². The third kappa shape index (κ3) is 2.90. The number of nitrogens with one attached hydrogen (secondary N) is 1. The maximum absolute atomic E-state index is 12.0. The first-order valence-corrected chi connectivity index (χ1v) is 7.34. The van der Waals surface area contributed by atoms with Crippen LogP contribution in [0.25, 0.3) is 0 Å². The number of aromatic nitrogens is 2. The molecule has 1 aliphatic rings. The van der Waals surface area contributed by atoms with Gasteiger partial charge < -0.3 is 14.5 Å². The molecule has 2 rings (SSSR count). The van der Waals surface area contributed by atoms with E-state index in [-0.39, 0.29) is 5.56 Å². The molecule has 1 aromatic heterocycles. The second-order valence-corrected chi connectivity index (χ2v) is 5.54. The summed E-state index contributed by atoms with van der Waals surface area (Å²) in [5.41, 5.74) is 0.00662. The third-order valence-electron chi connectivity index (χ3n) is 3.48. The maximum atomic E-state index is 12.0. The summed E-state index contributed by atoms with van der Waals surface area (Å²) in [6.45, 7) is 2.88. The fraction of sp³-hybridized carbons (Fsp3) is 0.692. The molecule has 106 valence electrons. The van der Waals surface area contributed by atoms with Gasteiger partial charge in [0.25, 0.3) is 5.56 Å². The van der Waals surface area contributed by atoms with Crippen molar-refractivity contribution in [1.82, 2.24) is 9.97 Å². The van der Waals surface area contributed by atoms with E-state index in [1.54, 1.807) is 7.11 Å². The number of rotatable bonds is 5. The van der Waals surface area contributed by atoms with Crippen LogP contribution < -0.4 is 5.56 Å². The van der Waals surface area contributed by atoms with Crippen molar-refractivity contribution in [3.05, 3.63) is 26.3 Å². The molecule has 0 aliphatic heterocycles. The number of H-pyrrole nitrogens is 1. The Kier molecular flexibility index (Phi) is 4.76. The van der Waals surface area contributed by atoms with Crippen molar-refractivity contribution in [2.45, 2.75) is 44.8 Å². The first-order chi connectivity index (χ1) is 9.13. The highest BCUT2D eigenvalue weighted by Gasteiger charge is 2.39. The molecule has 1 N–H and O–H groups in total. The summed E-state index contributed by atoms with van der Waals surface area (Å²) in [6, 6.07) is 0. The molecule has 0 bridgehead atoms. The zero-order valence-corrected chi connectivity index (χ0v) is 12.9. The van der Waals surface area contributed by atoms with E-state index < -0.39 is 5.60 Å². The summed E-state index contributed by atoms with van der Waals surface area (Å²) < 4.78 is 11.4. The summed E-state index contributed by atoms with van der Waals surface area (Å²) in [7, 11) is 1.59. The molecule has 1 fully saturated rings. The lowest BCUT2D eigenvalue weighted by atomic mass is 10.0. The fourth-order valence-corrected chi connectivity index (χ4v) is 2.93. The number of hydrogen-bond acceptors (Lipinski definition) is 4. The Morgan fingerprint density at radius 2 is 2.11 bits per heavy atom. The first-order valence-electron chi connectivity index (χ1n) is 6.55. The monoisotopic (exact) mass is 330 g/mol. The lowest BCUT2D eigenvalue weighted by Gasteiger charge is -2.28. The standard InChI is InChI=1S/C13H19BrN2O3/c1-3-19-13(6-4-5-7-13)12-15-9(8-18-2)10(14)11(17)16-12/h3-8H2,1-2H3,(H,15,16,17). The molecule has 0 unspecified atom stereocenters. The number of halogens is 1.